The molecule has 2 unspecified atom stereocenters. The zero-order chi connectivity index (χ0) is 57.8. The lowest BCUT2D eigenvalue weighted by Gasteiger charge is -2.22. The molecule has 1 amide bonds. The van der Waals surface area contributed by atoms with Crippen LogP contribution in [-0.4, -0.2) is 47.4 Å². The number of nitrogens with one attached hydrogen (secondary N) is 1. The molecule has 2 atom stereocenters. The highest BCUT2D eigenvalue weighted by Crippen LogP contribution is 2.19. The Kier molecular flexibility index (Phi) is 68.4. The molecule has 474 valence electrons. The number of aliphatic hydroxyl groups excluding tert-OH is 2. The summed E-state index contributed by atoms with van der Waals surface area (Å²) >= 11 is 0. The van der Waals surface area contributed by atoms with E-state index in [9.17, 15) is 19.8 Å². The molecule has 0 spiro atoms. The van der Waals surface area contributed by atoms with Crippen LogP contribution in [0.3, 0.4) is 0 Å². The van der Waals surface area contributed by atoms with Gasteiger partial charge in [0.25, 0.3) is 0 Å². The first kappa shape index (κ1) is 78.3. The van der Waals surface area contributed by atoms with Gasteiger partial charge in [-0.15, -0.1) is 0 Å². The van der Waals surface area contributed by atoms with Crippen LogP contribution in [0, 0.1) is 0 Å². The van der Waals surface area contributed by atoms with Gasteiger partial charge in [0.15, 0.2) is 0 Å². The number of allylic oxidation sites excluding steroid dienone is 4. The van der Waals surface area contributed by atoms with Crippen LogP contribution in [0.4, 0.5) is 0 Å². The molecule has 0 bridgehead atoms. The maximum atomic E-state index is 12.6. The summed E-state index contributed by atoms with van der Waals surface area (Å²) < 4.78 is 5.50. The van der Waals surface area contributed by atoms with Gasteiger partial charge in [-0.3, -0.25) is 9.59 Å². The number of carbonyl (C=O) groups is 2. The van der Waals surface area contributed by atoms with Crippen LogP contribution in [0.25, 0.3) is 0 Å². The van der Waals surface area contributed by atoms with E-state index in [0.29, 0.717) is 25.9 Å². The minimum atomic E-state index is -0.670. The lowest BCUT2D eigenvalue weighted by atomic mass is 10.0. The average molecular weight is 1130 g/mol. The number of hydrogen-bond acceptors (Lipinski definition) is 5. The largest absolute Gasteiger partial charge is 0.466 e. The van der Waals surface area contributed by atoms with Gasteiger partial charge >= 0.3 is 5.97 Å². The van der Waals surface area contributed by atoms with E-state index in [0.717, 1.165) is 44.9 Å². The molecule has 0 saturated carbocycles. The standard InChI is InChI=1S/C74H143NO5/c1-3-5-7-9-11-13-15-17-19-21-23-24-25-28-31-34-38-42-46-50-54-58-62-66-72(77)71(70-76)75-73(78)67-63-59-55-51-47-43-39-35-32-29-26-27-30-33-37-41-45-49-53-57-61-65-69-80-74(79)68-64-60-56-52-48-44-40-36-22-20-18-16-14-12-10-8-6-4-2/h20,22,29,32,71-72,76-77H,3-19,21,23-28,30-31,33-70H2,1-2H3,(H,75,78)/b22-20-,32-29-. The van der Waals surface area contributed by atoms with Crippen molar-refractivity contribution in [1.82, 2.24) is 5.32 Å². The van der Waals surface area contributed by atoms with Crippen molar-refractivity contribution in [2.45, 2.75) is 424 Å². The Labute approximate surface area is 501 Å². The third-order valence-electron chi connectivity index (χ3n) is 17.2. The van der Waals surface area contributed by atoms with Gasteiger partial charge < -0.3 is 20.3 Å². The number of amides is 1. The molecular weight excluding hydrogens is 983 g/mol. The number of hydrogen-bond donors (Lipinski definition) is 3. The minimum absolute atomic E-state index is 0.00821. The van der Waals surface area contributed by atoms with E-state index in [-0.39, 0.29) is 18.5 Å². The predicted octanol–water partition coefficient (Wildman–Crippen LogP) is 23.7. The van der Waals surface area contributed by atoms with Crippen molar-refractivity contribution in [1.29, 1.82) is 0 Å². The molecule has 6 nitrogen and oxygen atoms in total. The molecule has 0 aromatic carbocycles. The molecule has 0 fully saturated rings. The predicted molar refractivity (Wildman–Crippen MR) is 352 cm³/mol. The van der Waals surface area contributed by atoms with Crippen LogP contribution >= 0.6 is 0 Å². The fraction of sp³-hybridized carbons (Fsp3) is 0.919. The Morgan fingerprint density at radius 2 is 0.588 bits per heavy atom. The van der Waals surface area contributed by atoms with E-state index in [1.54, 1.807) is 0 Å². The number of rotatable bonds is 69. The Morgan fingerprint density at radius 3 is 0.887 bits per heavy atom. The summed E-state index contributed by atoms with van der Waals surface area (Å²) in [5.74, 6) is -0.0291. The van der Waals surface area contributed by atoms with Crippen molar-refractivity contribution in [2.75, 3.05) is 13.2 Å². The molecule has 6 heteroatoms. The Bertz CT molecular complexity index is 1250. The number of esters is 1. The van der Waals surface area contributed by atoms with E-state index < -0.39 is 12.1 Å². The summed E-state index contributed by atoms with van der Waals surface area (Å²) in [6.07, 6.45) is 88.0. The fourth-order valence-electron chi connectivity index (χ4n) is 11.6. The summed E-state index contributed by atoms with van der Waals surface area (Å²) in [7, 11) is 0. The van der Waals surface area contributed by atoms with Gasteiger partial charge in [-0.2, -0.15) is 0 Å². The zero-order valence-corrected chi connectivity index (χ0v) is 54.3. The highest BCUT2D eigenvalue weighted by Gasteiger charge is 2.20. The Hall–Kier alpha value is -1.66. The van der Waals surface area contributed by atoms with E-state index in [2.05, 4.69) is 43.5 Å². The van der Waals surface area contributed by atoms with Crippen LogP contribution < -0.4 is 5.32 Å². The van der Waals surface area contributed by atoms with Crippen LogP contribution in [0.5, 0.6) is 0 Å². The lowest BCUT2D eigenvalue weighted by Crippen LogP contribution is -2.45. The van der Waals surface area contributed by atoms with Gasteiger partial charge in [-0.05, 0) is 77.0 Å². The van der Waals surface area contributed by atoms with Gasteiger partial charge in [0, 0.05) is 12.8 Å². The maximum Gasteiger partial charge on any atom is 0.305 e. The second-order valence-electron chi connectivity index (χ2n) is 25.3. The lowest BCUT2D eigenvalue weighted by molar-refractivity contribution is -0.143. The van der Waals surface area contributed by atoms with Crippen molar-refractivity contribution in [3.63, 3.8) is 0 Å². The molecule has 0 rings (SSSR count). The maximum absolute atomic E-state index is 12.6. The average Bonchev–Trinajstić information content (AvgIpc) is 3.46. The highest BCUT2D eigenvalue weighted by atomic mass is 16.5. The van der Waals surface area contributed by atoms with Crippen LogP contribution in [0.2, 0.25) is 0 Å². The second kappa shape index (κ2) is 69.8. The van der Waals surface area contributed by atoms with Crippen LogP contribution in [0.15, 0.2) is 24.3 Å². The Balaban J connectivity index is 3.40. The third kappa shape index (κ3) is 65.5. The minimum Gasteiger partial charge on any atom is -0.466 e. The summed E-state index contributed by atoms with van der Waals surface area (Å²) in [6.45, 7) is 4.99. The summed E-state index contributed by atoms with van der Waals surface area (Å²) in [4.78, 5) is 24.7. The zero-order valence-electron chi connectivity index (χ0n) is 54.3. The number of ether oxygens (including phenoxy) is 1. The Morgan fingerprint density at radius 1 is 0.338 bits per heavy atom. The van der Waals surface area contributed by atoms with Crippen molar-refractivity contribution < 1.29 is 24.5 Å². The van der Waals surface area contributed by atoms with Crippen LogP contribution in [-0.2, 0) is 14.3 Å². The molecule has 80 heavy (non-hydrogen) atoms. The normalized spacial score (nSPS) is 12.6. The first-order chi connectivity index (χ1) is 39.5. The van der Waals surface area contributed by atoms with Gasteiger partial charge in [0.05, 0.1) is 25.4 Å². The summed E-state index contributed by atoms with van der Waals surface area (Å²) in [5.41, 5.74) is 0. The summed E-state index contributed by atoms with van der Waals surface area (Å²) in [6, 6.07) is -0.548. The van der Waals surface area contributed by atoms with Gasteiger partial charge in [-0.25, -0.2) is 0 Å². The van der Waals surface area contributed by atoms with Crippen molar-refractivity contribution in [3.05, 3.63) is 24.3 Å². The molecule has 0 heterocycles. The first-order valence-electron chi connectivity index (χ1n) is 36.6. The number of aliphatic hydroxyl groups is 2. The molecule has 0 aliphatic rings. The molecule has 0 aliphatic heterocycles. The van der Waals surface area contributed by atoms with E-state index in [1.165, 1.54) is 334 Å². The number of carbonyl (C=O) groups excluding carboxylic acids is 2. The molecule has 0 aromatic rings. The van der Waals surface area contributed by atoms with E-state index >= 15 is 0 Å². The van der Waals surface area contributed by atoms with Gasteiger partial charge in [-0.1, -0.05) is 346 Å². The van der Waals surface area contributed by atoms with Crippen LogP contribution in [0.1, 0.15) is 412 Å². The highest BCUT2D eigenvalue weighted by molar-refractivity contribution is 5.76. The molecule has 0 aromatic heterocycles. The van der Waals surface area contributed by atoms with Gasteiger partial charge in [0.2, 0.25) is 5.91 Å². The topological polar surface area (TPSA) is 95.9 Å². The second-order valence-corrected chi connectivity index (χ2v) is 25.3. The first-order valence-corrected chi connectivity index (χ1v) is 36.6. The third-order valence-corrected chi connectivity index (χ3v) is 17.2. The van der Waals surface area contributed by atoms with Crippen molar-refractivity contribution >= 4 is 11.9 Å². The molecule has 0 aliphatic carbocycles. The number of unbranched alkanes of at least 4 members (excludes halogenated alkanes) is 54. The molecule has 0 radical (unpaired) electrons. The van der Waals surface area contributed by atoms with Crippen molar-refractivity contribution in [3.8, 4) is 0 Å². The summed E-state index contributed by atoms with van der Waals surface area (Å²) in [5, 5.41) is 23.4. The molecular formula is C74H143NO5. The SMILES string of the molecule is CCCCCCCCC/C=C\CCCCCCCCCC(=O)OCCCCCCCCCCCCC/C=C\CCCCCCCCCC(=O)NC(CO)C(O)CCCCCCCCCCCCCCCCCCCCCCCCC. The van der Waals surface area contributed by atoms with E-state index in [4.69, 9.17) is 4.74 Å². The molecule has 0 saturated heterocycles. The van der Waals surface area contributed by atoms with Gasteiger partial charge in [0.1, 0.15) is 0 Å². The smallest absolute Gasteiger partial charge is 0.305 e. The quantitative estimate of drug-likeness (QED) is 0.0320. The van der Waals surface area contributed by atoms with Crippen molar-refractivity contribution in [2.24, 2.45) is 0 Å². The molecule has 3 N–H and O–H groups in total. The fourth-order valence-corrected chi connectivity index (χ4v) is 11.6. The monoisotopic (exact) mass is 1130 g/mol. The van der Waals surface area contributed by atoms with E-state index in [1.807, 2.05) is 0 Å².